The molecule has 1 heterocycles. The summed E-state index contributed by atoms with van der Waals surface area (Å²) in [5.74, 6) is -0.742. The molecule has 84 valence electrons. The third-order valence-electron chi connectivity index (χ3n) is 3.14. The van der Waals surface area contributed by atoms with Crippen LogP contribution in [-0.4, -0.2) is 35.0 Å². The minimum Gasteiger partial charge on any atom is -0.481 e. The number of piperidine rings is 1. The molecule has 1 saturated heterocycles. The number of nitrogens with zero attached hydrogens (tertiary/aromatic N) is 1. The Hall–Kier alpha value is -1.32. The van der Waals surface area contributed by atoms with E-state index in [2.05, 4.69) is 6.58 Å². The summed E-state index contributed by atoms with van der Waals surface area (Å²) in [5, 5.41) is 8.81. The van der Waals surface area contributed by atoms with E-state index in [1.54, 1.807) is 11.0 Å². The molecule has 4 nitrogen and oxygen atoms in total. The van der Waals surface area contributed by atoms with Gasteiger partial charge in [-0.25, -0.2) is 0 Å². The molecule has 15 heavy (non-hydrogen) atoms. The lowest BCUT2D eigenvalue weighted by Crippen LogP contribution is -2.42. The number of carbonyl (C=O) groups excluding carboxylic acids is 1. The van der Waals surface area contributed by atoms with Gasteiger partial charge in [0.2, 0.25) is 5.91 Å². The predicted molar refractivity (Wildman–Crippen MR) is 56.4 cm³/mol. The predicted octanol–water partition coefficient (Wildman–Crippen LogP) is 1.28. The molecular formula is C11H17NO3. The van der Waals surface area contributed by atoms with Crippen LogP contribution in [0.15, 0.2) is 12.7 Å². The first kappa shape index (κ1) is 11.8. The Morgan fingerprint density at radius 1 is 1.47 bits per heavy atom. The van der Waals surface area contributed by atoms with Crippen molar-refractivity contribution in [3.8, 4) is 0 Å². The van der Waals surface area contributed by atoms with Gasteiger partial charge in [0.05, 0.1) is 6.42 Å². The summed E-state index contributed by atoms with van der Waals surface area (Å²) in [6.07, 6.45) is 3.24. The van der Waals surface area contributed by atoms with Gasteiger partial charge in [0.1, 0.15) is 0 Å². The molecule has 0 spiro atoms. The molecule has 0 aromatic rings. The van der Waals surface area contributed by atoms with Gasteiger partial charge in [-0.1, -0.05) is 6.08 Å². The van der Waals surface area contributed by atoms with E-state index in [1.807, 2.05) is 0 Å². The molecule has 0 atom stereocenters. The fourth-order valence-corrected chi connectivity index (χ4v) is 2.02. The maximum absolute atomic E-state index is 11.1. The lowest BCUT2D eigenvalue weighted by Gasteiger charge is -2.38. The molecule has 1 N–H and O–H groups in total. The van der Waals surface area contributed by atoms with Crippen LogP contribution in [0.1, 0.15) is 26.2 Å². The highest BCUT2D eigenvalue weighted by molar-refractivity contribution is 5.73. The summed E-state index contributed by atoms with van der Waals surface area (Å²) in [6.45, 7) is 6.52. The largest absolute Gasteiger partial charge is 0.481 e. The van der Waals surface area contributed by atoms with Gasteiger partial charge in [-0.3, -0.25) is 9.59 Å². The molecule has 1 amide bonds. The molecule has 0 aliphatic carbocycles. The number of rotatable bonds is 3. The van der Waals surface area contributed by atoms with Crippen molar-refractivity contribution < 1.29 is 14.7 Å². The number of allylic oxidation sites excluding steroid dienone is 1. The fraction of sp³-hybridized carbons (Fsp3) is 0.636. The van der Waals surface area contributed by atoms with Crippen molar-refractivity contribution in [2.45, 2.75) is 26.2 Å². The number of hydrogen-bond donors (Lipinski definition) is 1. The SMILES string of the molecule is C=CC1(CC(=O)O)CCN(C(C)=O)CC1. The van der Waals surface area contributed by atoms with E-state index < -0.39 is 5.97 Å². The van der Waals surface area contributed by atoms with E-state index in [0.717, 1.165) is 0 Å². The van der Waals surface area contributed by atoms with Gasteiger partial charge in [-0.05, 0) is 12.8 Å². The van der Waals surface area contributed by atoms with Crippen LogP contribution in [0.4, 0.5) is 0 Å². The minimum atomic E-state index is -0.800. The lowest BCUT2D eigenvalue weighted by atomic mass is 9.76. The highest BCUT2D eigenvalue weighted by atomic mass is 16.4. The third-order valence-corrected chi connectivity index (χ3v) is 3.14. The van der Waals surface area contributed by atoms with Crippen LogP contribution in [-0.2, 0) is 9.59 Å². The van der Waals surface area contributed by atoms with E-state index >= 15 is 0 Å². The van der Waals surface area contributed by atoms with Crippen LogP contribution in [0, 0.1) is 5.41 Å². The van der Waals surface area contributed by atoms with E-state index in [9.17, 15) is 9.59 Å². The molecule has 0 radical (unpaired) electrons. The van der Waals surface area contributed by atoms with E-state index in [4.69, 9.17) is 5.11 Å². The van der Waals surface area contributed by atoms with Crippen LogP contribution in [0.25, 0.3) is 0 Å². The monoisotopic (exact) mass is 211 g/mol. The molecule has 1 aliphatic rings. The summed E-state index contributed by atoms with van der Waals surface area (Å²) in [7, 11) is 0. The zero-order valence-electron chi connectivity index (χ0n) is 9.03. The van der Waals surface area contributed by atoms with E-state index in [0.29, 0.717) is 25.9 Å². The summed E-state index contributed by atoms with van der Waals surface area (Å²) in [4.78, 5) is 23.6. The minimum absolute atomic E-state index is 0.0583. The summed E-state index contributed by atoms with van der Waals surface area (Å²) in [5.41, 5.74) is -0.322. The number of likely N-dealkylation sites (tertiary alicyclic amines) is 1. The van der Waals surface area contributed by atoms with Crippen molar-refractivity contribution in [3.63, 3.8) is 0 Å². The summed E-state index contributed by atoms with van der Waals surface area (Å²) >= 11 is 0. The molecule has 0 saturated carbocycles. The molecule has 0 aromatic heterocycles. The molecule has 0 aromatic carbocycles. The van der Waals surface area contributed by atoms with Crippen LogP contribution >= 0.6 is 0 Å². The highest BCUT2D eigenvalue weighted by Crippen LogP contribution is 2.36. The number of carbonyl (C=O) groups is 2. The second-order valence-corrected chi connectivity index (χ2v) is 4.14. The Morgan fingerprint density at radius 3 is 2.33 bits per heavy atom. The van der Waals surface area contributed by atoms with Crippen molar-refractivity contribution >= 4 is 11.9 Å². The Kier molecular flexibility index (Phi) is 3.50. The van der Waals surface area contributed by atoms with Gasteiger partial charge >= 0.3 is 5.97 Å². The Bertz CT molecular complexity index is 278. The lowest BCUT2D eigenvalue weighted by molar-refractivity contribution is -0.140. The van der Waals surface area contributed by atoms with Crippen molar-refractivity contribution in [3.05, 3.63) is 12.7 Å². The zero-order chi connectivity index (χ0) is 11.5. The zero-order valence-corrected chi connectivity index (χ0v) is 9.03. The molecule has 1 aliphatic heterocycles. The van der Waals surface area contributed by atoms with Crippen molar-refractivity contribution in [1.82, 2.24) is 4.90 Å². The van der Waals surface area contributed by atoms with Crippen molar-refractivity contribution in [2.75, 3.05) is 13.1 Å². The Morgan fingerprint density at radius 2 is 2.00 bits per heavy atom. The number of aliphatic carboxylic acids is 1. The molecule has 0 unspecified atom stereocenters. The highest BCUT2D eigenvalue weighted by Gasteiger charge is 2.34. The van der Waals surface area contributed by atoms with Gasteiger partial charge in [-0.15, -0.1) is 6.58 Å². The van der Waals surface area contributed by atoms with Crippen LogP contribution in [0.2, 0.25) is 0 Å². The van der Waals surface area contributed by atoms with Crippen molar-refractivity contribution in [2.24, 2.45) is 5.41 Å². The van der Waals surface area contributed by atoms with Gasteiger partial charge < -0.3 is 10.0 Å². The van der Waals surface area contributed by atoms with Gasteiger partial charge in [0, 0.05) is 25.4 Å². The van der Waals surface area contributed by atoms with Gasteiger partial charge in [-0.2, -0.15) is 0 Å². The van der Waals surface area contributed by atoms with Crippen LogP contribution in [0.3, 0.4) is 0 Å². The first-order chi connectivity index (χ1) is 6.99. The second kappa shape index (κ2) is 4.47. The summed E-state index contributed by atoms with van der Waals surface area (Å²) in [6, 6.07) is 0. The van der Waals surface area contributed by atoms with E-state index in [1.165, 1.54) is 6.92 Å². The maximum Gasteiger partial charge on any atom is 0.304 e. The quantitative estimate of drug-likeness (QED) is 0.715. The Balaban J connectivity index is 2.62. The number of carboxylic acids is 1. The van der Waals surface area contributed by atoms with Gasteiger partial charge in [0.25, 0.3) is 0 Å². The smallest absolute Gasteiger partial charge is 0.304 e. The number of amides is 1. The average molecular weight is 211 g/mol. The molecule has 1 rings (SSSR count). The Labute approximate surface area is 89.6 Å². The summed E-state index contributed by atoms with van der Waals surface area (Å²) < 4.78 is 0. The van der Waals surface area contributed by atoms with Gasteiger partial charge in [0.15, 0.2) is 0 Å². The van der Waals surface area contributed by atoms with Crippen LogP contribution in [0.5, 0.6) is 0 Å². The normalized spacial score (nSPS) is 19.7. The van der Waals surface area contributed by atoms with E-state index in [-0.39, 0.29) is 17.7 Å². The fourth-order valence-electron chi connectivity index (χ4n) is 2.02. The van der Waals surface area contributed by atoms with Crippen LogP contribution < -0.4 is 0 Å². The maximum atomic E-state index is 11.1. The average Bonchev–Trinajstić information content (AvgIpc) is 2.17. The first-order valence-electron chi connectivity index (χ1n) is 5.10. The third kappa shape index (κ3) is 2.81. The molecule has 0 bridgehead atoms. The molecule has 1 fully saturated rings. The number of carboxylic acid groups (broad SMARTS) is 1. The molecule has 4 heteroatoms. The standard InChI is InChI=1S/C11H17NO3/c1-3-11(8-10(14)15)4-6-12(7-5-11)9(2)13/h3H,1,4-8H2,2H3,(H,14,15). The van der Waals surface area contributed by atoms with Crippen molar-refractivity contribution in [1.29, 1.82) is 0 Å². The molecular weight excluding hydrogens is 194 g/mol. The second-order valence-electron chi connectivity index (χ2n) is 4.14. The topological polar surface area (TPSA) is 57.6 Å². The first-order valence-corrected chi connectivity index (χ1v) is 5.10. The number of hydrogen-bond acceptors (Lipinski definition) is 2.